The monoisotopic (exact) mass is 375 g/mol. The van der Waals surface area contributed by atoms with Crippen LogP contribution in [0.5, 0.6) is 11.5 Å². The Morgan fingerprint density at radius 1 is 1.23 bits per heavy atom. The van der Waals surface area contributed by atoms with E-state index in [1.807, 2.05) is 0 Å². The number of rotatable bonds is 11. The van der Waals surface area contributed by atoms with Crippen LogP contribution >= 0.6 is 0 Å². The number of nitrogens with one attached hydrogen (secondary N) is 1. The van der Waals surface area contributed by atoms with Crippen molar-refractivity contribution >= 4 is 19.4 Å². The molecule has 0 aromatic heterocycles. The Balaban J connectivity index is 1.97. The van der Waals surface area contributed by atoms with Crippen LogP contribution in [0, 0.1) is 5.92 Å². The number of ether oxygens (including phenoxy) is 2. The third-order valence-electron chi connectivity index (χ3n) is 3.80. The van der Waals surface area contributed by atoms with Crippen LogP contribution in [0.15, 0.2) is 12.1 Å². The van der Waals surface area contributed by atoms with Gasteiger partial charge in [-0.2, -0.15) is 0 Å². The molecular formula is C17H26FNO2Se. The van der Waals surface area contributed by atoms with Crippen molar-refractivity contribution < 1.29 is 13.9 Å². The summed E-state index contributed by atoms with van der Waals surface area (Å²) in [6.07, 6.45) is 4.31. The van der Waals surface area contributed by atoms with Gasteiger partial charge in [0, 0.05) is 0 Å². The van der Waals surface area contributed by atoms with Crippen molar-refractivity contribution in [3.8, 4) is 11.5 Å². The van der Waals surface area contributed by atoms with E-state index in [-0.39, 0.29) is 21.6 Å². The first-order valence-corrected chi connectivity index (χ1v) is 9.99. The van der Waals surface area contributed by atoms with Crippen molar-refractivity contribution in [1.29, 1.82) is 0 Å². The summed E-state index contributed by atoms with van der Waals surface area (Å²) in [5.74, 6) is 2.74. The zero-order valence-electron chi connectivity index (χ0n) is 13.5. The number of hydrogen-bond acceptors (Lipinski definition) is 3. The molecule has 5 heteroatoms. The average molecular weight is 374 g/mol. The predicted molar refractivity (Wildman–Crippen MR) is 89.6 cm³/mol. The van der Waals surface area contributed by atoms with E-state index in [1.54, 1.807) is 14.2 Å². The van der Waals surface area contributed by atoms with Gasteiger partial charge in [-0.1, -0.05) is 0 Å². The summed E-state index contributed by atoms with van der Waals surface area (Å²) in [5, 5.41) is 4.40. The molecule has 0 saturated heterocycles. The second-order valence-corrected chi connectivity index (χ2v) is 7.99. The van der Waals surface area contributed by atoms with E-state index in [2.05, 4.69) is 17.4 Å². The van der Waals surface area contributed by atoms with Gasteiger partial charge >= 0.3 is 139 Å². The molecule has 1 fully saturated rings. The molecule has 2 rings (SSSR count). The van der Waals surface area contributed by atoms with Gasteiger partial charge in [0.05, 0.1) is 0 Å². The van der Waals surface area contributed by atoms with E-state index in [9.17, 15) is 4.39 Å². The van der Waals surface area contributed by atoms with Gasteiger partial charge in [0.15, 0.2) is 0 Å². The third-order valence-corrected chi connectivity index (χ3v) is 6.16. The molecule has 1 N–H and O–H groups in total. The van der Waals surface area contributed by atoms with E-state index >= 15 is 0 Å². The summed E-state index contributed by atoms with van der Waals surface area (Å²) in [5.41, 5.74) is 1.17. The zero-order chi connectivity index (χ0) is 15.8. The van der Waals surface area contributed by atoms with Gasteiger partial charge in [0.1, 0.15) is 0 Å². The molecule has 1 aromatic rings. The van der Waals surface area contributed by atoms with Crippen LogP contribution in [-0.4, -0.2) is 48.9 Å². The fourth-order valence-electron chi connectivity index (χ4n) is 2.33. The first-order valence-electron chi connectivity index (χ1n) is 7.92. The van der Waals surface area contributed by atoms with E-state index < -0.39 is 0 Å². The standard InChI is InChI=1S/C17H26FNO2Se/c1-20-15-11-17(22-9-3-7-18)16(21-2)10-14(15)6-8-19-12-13-4-5-13/h10-11,13,19H,3-9,12H2,1-2H3. The van der Waals surface area contributed by atoms with Crippen LogP contribution in [0.4, 0.5) is 4.39 Å². The van der Waals surface area contributed by atoms with Gasteiger partial charge in [-0.15, -0.1) is 0 Å². The second-order valence-electron chi connectivity index (χ2n) is 5.60. The molecule has 3 nitrogen and oxygen atoms in total. The minimum atomic E-state index is -0.244. The molecule has 0 aliphatic heterocycles. The zero-order valence-corrected chi connectivity index (χ0v) is 15.2. The SMILES string of the molecule is COc1cc([Se]CCCF)c(OC)cc1CCNCC1CC1. The molecule has 0 heterocycles. The van der Waals surface area contributed by atoms with Crippen molar-refractivity contribution in [3.05, 3.63) is 17.7 Å². The van der Waals surface area contributed by atoms with Gasteiger partial charge in [0.2, 0.25) is 0 Å². The molecular weight excluding hydrogens is 348 g/mol. The van der Waals surface area contributed by atoms with Crippen LogP contribution in [0.3, 0.4) is 0 Å². The summed E-state index contributed by atoms with van der Waals surface area (Å²) in [4.78, 5) is 0. The summed E-state index contributed by atoms with van der Waals surface area (Å²) in [7, 11) is 3.41. The number of benzene rings is 1. The topological polar surface area (TPSA) is 30.5 Å². The maximum absolute atomic E-state index is 12.3. The summed E-state index contributed by atoms with van der Waals surface area (Å²) in [6.45, 7) is 1.85. The summed E-state index contributed by atoms with van der Waals surface area (Å²) in [6, 6.07) is 4.16. The molecule has 0 bridgehead atoms. The Bertz CT molecular complexity index is 466. The van der Waals surface area contributed by atoms with Crippen molar-refractivity contribution in [2.75, 3.05) is 34.0 Å². The average Bonchev–Trinajstić information content (AvgIpc) is 3.36. The van der Waals surface area contributed by atoms with Crippen LogP contribution in [0.1, 0.15) is 24.8 Å². The Hall–Kier alpha value is -0.771. The van der Waals surface area contributed by atoms with Gasteiger partial charge < -0.3 is 0 Å². The number of hydrogen-bond donors (Lipinski definition) is 1. The molecule has 1 aliphatic rings. The second kappa shape index (κ2) is 9.39. The predicted octanol–water partition coefficient (Wildman–Crippen LogP) is 2.35. The van der Waals surface area contributed by atoms with Gasteiger partial charge in [-0.3, -0.25) is 0 Å². The Labute approximate surface area is 139 Å². The van der Waals surface area contributed by atoms with E-state index in [4.69, 9.17) is 9.47 Å². The van der Waals surface area contributed by atoms with Crippen molar-refractivity contribution in [2.45, 2.75) is 31.0 Å². The molecule has 0 unspecified atom stereocenters. The third kappa shape index (κ3) is 5.45. The first kappa shape index (κ1) is 17.6. The van der Waals surface area contributed by atoms with Crippen LogP contribution in [-0.2, 0) is 6.42 Å². The molecule has 124 valence electrons. The van der Waals surface area contributed by atoms with Crippen molar-refractivity contribution in [3.63, 3.8) is 0 Å². The Kier molecular flexibility index (Phi) is 7.50. The van der Waals surface area contributed by atoms with Crippen molar-refractivity contribution in [2.24, 2.45) is 5.92 Å². The summed E-state index contributed by atoms with van der Waals surface area (Å²) >= 11 is 0.230. The first-order chi connectivity index (χ1) is 10.8. The molecule has 1 aromatic carbocycles. The van der Waals surface area contributed by atoms with Crippen LogP contribution < -0.4 is 19.3 Å². The minimum absolute atomic E-state index is 0.230. The van der Waals surface area contributed by atoms with Crippen LogP contribution in [0.25, 0.3) is 0 Å². The van der Waals surface area contributed by atoms with E-state index in [0.717, 1.165) is 46.7 Å². The van der Waals surface area contributed by atoms with Gasteiger partial charge in [-0.05, 0) is 0 Å². The Morgan fingerprint density at radius 2 is 2.00 bits per heavy atom. The molecule has 0 radical (unpaired) electrons. The number of alkyl halides is 1. The van der Waals surface area contributed by atoms with Crippen LogP contribution in [0.2, 0.25) is 5.32 Å². The van der Waals surface area contributed by atoms with Crippen molar-refractivity contribution in [1.82, 2.24) is 5.32 Å². The molecule has 0 spiro atoms. The molecule has 0 amide bonds. The fraction of sp³-hybridized carbons (Fsp3) is 0.647. The fourth-order valence-corrected chi connectivity index (χ4v) is 4.32. The van der Waals surface area contributed by atoms with E-state index in [1.165, 1.54) is 18.4 Å². The number of methoxy groups -OCH3 is 2. The van der Waals surface area contributed by atoms with Gasteiger partial charge in [0.25, 0.3) is 0 Å². The maximum atomic E-state index is 12.3. The molecule has 0 atom stereocenters. The quantitative estimate of drug-likeness (QED) is 0.477. The molecule has 1 aliphatic carbocycles. The molecule has 1 saturated carbocycles. The van der Waals surface area contributed by atoms with Gasteiger partial charge in [-0.25, -0.2) is 0 Å². The number of halogens is 1. The summed E-state index contributed by atoms with van der Waals surface area (Å²) < 4.78 is 24.5. The van der Waals surface area contributed by atoms with E-state index in [0.29, 0.717) is 6.42 Å². The Morgan fingerprint density at radius 3 is 2.64 bits per heavy atom. The molecule has 22 heavy (non-hydrogen) atoms. The normalized spacial score (nSPS) is 14.1.